The zero-order valence-corrected chi connectivity index (χ0v) is 25.3. The number of para-hydroxylation sites is 2. The van der Waals surface area contributed by atoms with Crippen LogP contribution in [0.5, 0.6) is 0 Å². The molecule has 0 saturated carbocycles. The van der Waals surface area contributed by atoms with Crippen LogP contribution in [-0.4, -0.2) is 8.97 Å². The Morgan fingerprint density at radius 1 is 0.426 bits per heavy atom. The van der Waals surface area contributed by atoms with Crippen LogP contribution in [0.3, 0.4) is 0 Å². The highest BCUT2D eigenvalue weighted by atomic mass is 16.1. The molecule has 0 radical (unpaired) electrons. The van der Waals surface area contributed by atoms with Crippen molar-refractivity contribution in [1.82, 2.24) is 8.97 Å². The second kappa shape index (κ2) is 8.96. The Hall–Kier alpha value is -6.19. The monoisotopic (exact) mass is 598 g/mol. The van der Waals surface area contributed by atoms with E-state index in [1.54, 1.807) is 0 Å². The van der Waals surface area contributed by atoms with Gasteiger partial charge in [0.05, 0.1) is 22.1 Å². The van der Waals surface area contributed by atoms with Crippen molar-refractivity contribution in [2.24, 2.45) is 0 Å². The summed E-state index contributed by atoms with van der Waals surface area (Å²) in [6, 6.07) is 54.2. The maximum absolute atomic E-state index is 14.3. The fourth-order valence-electron chi connectivity index (χ4n) is 8.62. The van der Waals surface area contributed by atoms with Crippen LogP contribution in [0, 0.1) is 0 Å². The third-order valence-corrected chi connectivity index (χ3v) is 10.5. The van der Waals surface area contributed by atoms with Crippen LogP contribution in [-0.2, 0) is 0 Å². The number of rotatable bonds is 2. The number of fused-ring (bicyclic) bond motifs is 11. The lowest BCUT2D eigenvalue weighted by Gasteiger charge is -2.16. The smallest absolute Gasteiger partial charge is 0.263 e. The minimum atomic E-state index is 0.0296. The van der Waals surface area contributed by atoms with Crippen LogP contribution >= 0.6 is 0 Å². The maximum atomic E-state index is 14.3. The predicted molar refractivity (Wildman–Crippen MR) is 195 cm³/mol. The molecule has 3 aromatic heterocycles. The molecule has 3 nitrogen and oxygen atoms in total. The van der Waals surface area contributed by atoms with E-state index in [0.29, 0.717) is 0 Å². The summed E-state index contributed by atoms with van der Waals surface area (Å²) >= 11 is 0. The Labute approximate surface area is 269 Å². The van der Waals surface area contributed by atoms with Crippen LogP contribution in [0.2, 0.25) is 0 Å². The summed E-state index contributed by atoms with van der Waals surface area (Å²) in [5.41, 5.74) is 11.9. The van der Waals surface area contributed by atoms with Crippen molar-refractivity contribution in [3.05, 3.63) is 179 Å². The normalized spacial score (nSPS) is 13.1. The van der Waals surface area contributed by atoms with E-state index in [1.807, 2.05) is 22.6 Å². The molecule has 0 fully saturated rings. The maximum Gasteiger partial charge on any atom is 0.263 e. The van der Waals surface area contributed by atoms with Gasteiger partial charge in [-0.3, -0.25) is 9.20 Å². The van der Waals surface area contributed by atoms with Crippen molar-refractivity contribution in [2.75, 3.05) is 0 Å². The number of hydrogen-bond acceptors (Lipinski definition) is 1. The zero-order valence-electron chi connectivity index (χ0n) is 25.3. The van der Waals surface area contributed by atoms with E-state index in [2.05, 4.69) is 138 Å². The highest BCUT2D eigenvalue weighted by molar-refractivity contribution is 6.21. The minimum Gasteiger partial charge on any atom is -0.309 e. The average Bonchev–Trinajstić information content (AvgIpc) is 3.76. The Bertz CT molecular complexity index is 2900. The first-order valence-corrected chi connectivity index (χ1v) is 16.2. The van der Waals surface area contributed by atoms with Gasteiger partial charge in [-0.05, 0) is 81.7 Å². The van der Waals surface area contributed by atoms with Gasteiger partial charge in [-0.2, -0.15) is 0 Å². The largest absolute Gasteiger partial charge is 0.309 e. The van der Waals surface area contributed by atoms with E-state index in [4.69, 9.17) is 0 Å². The fraction of sp³-hybridized carbons (Fsp3) is 0.0227. The number of pyridine rings is 1. The van der Waals surface area contributed by atoms with Crippen molar-refractivity contribution in [3.8, 4) is 16.8 Å². The van der Waals surface area contributed by atoms with Gasteiger partial charge in [-0.1, -0.05) is 103 Å². The molecule has 0 spiro atoms. The van der Waals surface area contributed by atoms with E-state index in [9.17, 15) is 4.79 Å². The molecule has 3 heterocycles. The standard InChI is InChI=1S/C44H26N2O/c47-44-35-18-6-3-13-30(35)37-23-26(42-33-16-4-1-11-28(33)29-12-2-5-17-34(29)42)24-38-36-25-27(21-22-41(36)46(44)43(37)38)45-39-19-9-7-14-31(39)32-15-8-10-20-40(32)45/h1-25,42H. The van der Waals surface area contributed by atoms with E-state index >= 15 is 0 Å². The van der Waals surface area contributed by atoms with Crippen LogP contribution in [0.4, 0.5) is 0 Å². The molecule has 0 atom stereocenters. The van der Waals surface area contributed by atoms with E-state index in [1.165, 1.54) is 49.6 Å². The number of benzene rings is 7. The summed E-state index contributed by atoms with van der Waals surface area (Å²) < 4.78 is 4.32. The summed E-state index contributed by atoms with van der Waals surface area (Å²) in [6.07, 6.45) is 0. The molecule has 10 aromatic rings. The molecule has 0 unspecified atom stereocenters. The molecular weight excluding hydrogens is 572 g/mol. The summed E-state index contributed by atoms with van der Waals surface area (Å²) in [6.45, 7) is 0. The summed E-state index contributed by atoms with van der Waals surface area (Å²) in [4.78, 5) is 14.3. The van der Waals surface area contributed by atoms with Crippen molar-refractivity contribution >= 4 is 59.8 Å². The van der Waals surface area contributed by atoms with Crippen molar-refractivity contribution in [1.29, 1.82) is 0 Å². The number of nitrogens with zero attached hydrogens (tertiary/aromatic N) is 2. The molecule has 47 heavy (non-hydrogen) atoms. The quantitative estimate of drug-likeness (QED) is 0.182. The van der Waals surface area contributed by atoms with Gasteiger partial charge in [0.1, 0.15) is 0 Å². The molecule has 0 saturated heterocycles. The zero-order chi connectivity index (χ0) is 30.8. The fourth-order valence-corrected chi connectivity index (χ4v) is 8.62. The molecule has 1 aliphatic rings. The van der Waals surface area contributed by atoms with E-state index in [0.717, 1.165) is 43.7 Å². The third-order valence-electron chi connectivity index (χ3n) is 10.5. The van der Waals surface area contributed by atoms with Gasteiger partial charge in [0.2, 0.25) is 0 Å². The second-order valence-electron chi connectivity index (χ2n) is 12.8. The van der Waals surface area contributed by atoms with Crippen LogP contribution < -0.4 is 5.56 Å². The Balaban J connectivity index is 1.29. The molecule has 0 bridgehead atoms. The molecule has 0 amide bonds. The van der Waals surface area contributed by atoms with Gasteiger partial charge in [-0.25, -0.2) is 0 Å². The SMILES string of the molecule is O=c1c2ccccc2c2cc(C3c4ccccc4-c4ccccc43)cc3c4cc(-n5c6ccccc6c6ccccc65)ccc4n1c23. The van der Waals surface area contributed by atoms with E-state index < -0.39 is 0 Å². The highest BCUT2D eigenvalue weighted by Crippen LogP contribution is 2.49. The first-order valence-electron chi connectivity index (χ1n) is 16.2. The van der Waals surface area contributed by atoms with Gasteiger partial charge in [0.15, 0.2) is 0 Å². The molecule has 0 N–H and O–H groups in total. The van der Waals surface area contributed by atoms with Gasteiger partial charge in [0, 0.05) is 43.9 Å². The van der Waals surface area contributed by atoms with Crippen molar-refractivity contribution in [2.45, 2.75) is 5.92 Å². The van der Waals surface area contributed by atoms with Crippen LogP contribution in [0.15, 0.2) is 156 Å². The molecule has 0 aliphatic heterocycles. The Morgan fingerprint density at radius 2 is 0.957 bits per heavy atom. The number of aromatic nitrogens is 2. The van der Waals surface area contributed by atoms with Crippen molar-refractivity contribution in [3.63, 3.8) is 0 Å². The van der Waals surface area contributed by atoms with Gasteiger partial charge >= 0.3 is 0 Å². The third kappa shape index (κ3) is 3.18. The minimum absolute atomic E-state index is 0.0296. The summed E-state index contributed by atoms with van der Waals surface area (Å²) in [5.74, 6) is 0.103. The van der Waals surface area contributed by atoms with Gasteiger partial charge in [0.25, 0.3) is 5.56 Å². The molecule has 218 valence electrons. The lowest BCUT2D eigenvalue weighted by atomic mass is 9.87. The first-order chi connectivity index (χ1) is 23.3. The molecule has 11 rings (SSSR count). The van der Waals surface area contributed by atoms with Gasteiger partial charge in [-0.15, -0.1) is 0 Å². The second-order valence-corrected chi connectivity index (χ2v) is 12.8. The van der Waals surface area contributed by atoms with E-state index in [-0.39, 0.29) is 11.5 Å². The van der Waals surface area contributed by atoms with Gasteiger partial charge < -0.3 is 4.57 Å². The Morgan fingerprint density at radius 3 is 1.62 bits per heavy atom. The molecule has 1 aliphatic carbocycles. The molecular formula is C44H26N2O. The predicted octanol–water partition coefficient (Wildman–Crippen LogP) is 10.5. The topological polar surface area (TPSA) is 26.4 Å². The Kier molecular flexibility index (Phi) is 4.78. The van der Waals surface area contributed by atoms with Crippen LogP contribution in [0.25, 0.3) is 76.6 Å². The lowest BCUT2D eigenvalue weighted by Crippen LogP contribution is -2.13. The van der Waals surface area contributed by atoms with Crippen molar-refractivity contribution < 1.29 is 0 Å². The summed E-state index contributed by atoms with van der Waals surface area (Å²) in [7, 11) is 0. The molecule has 7 aromatic carbocycles. The molecule has 3 heteroatoms. The lowest BCUT2D eigenvalue weighted by molar-refractivity contribution is 1.02. The average molecular weight is 599 g/mol. The summed E-state index contributed by atoms with van der Waals surface area (Å²) in [5, 5.41) is 7.53. The van der Waals surface area contributed by atoms with Crippen LogP contribution in [0.1, 0.15) is 22.6 Å². The first kappa shape index (κ1) is 25.1. The number of hydrogen-bond donors (Lipinski definition) is 0. The highest BCUT2D eigenvalue weighted by Gasteiger charge is 2.31.